The zero-order chi connectivity index (χ0) is 19.6. The SMILES string of the molecule is CCS(=O)(=O)c1ccc(CC(=O)Nc2nc(-c3sc(C)nc3C)cs2)cc1. The first kappa shape index (κ1) is 19.7. The second kappa shape index (κ2) is 7.87. The summed E-state index contributed by atoms with van der Waals surface area (Å²) in [6.07, 6.45) is 0.153. The van der Waals surface area contributed by atoms with Crippen molar-refractivity contribution in [2.45, 2.75) is 32.1 Å². The first-order chi connectivity index (χ1) is 12.8. The Morgan fingerprint density at radius 1 is 1.15 bits per heavy atom. The van der Waals surface area contributed by atoms with Gasteiger partial charge < -0.3 is 5.32 Å². The van der Waals surface area contributed by atoms with Crippen LogP contribution in [0, 0.1) is 13.8 Å². The van der Waals surface area contributed by atoms with Gasteiger partial charge in [0.1, 0.15) is 0 Å². The molecule has 27 heavy (non-hydrogen) atoms. The molecule has 2 heterocycles. The lowest BCUT2D eigenvalue weighted by atomic mass is 10.1. The van der Waals surface area contributed by atoms with Gasteiger partial charge >= 0.3 is 0 Å². The van der Waals surface area contributed by atoms with Gasteiger partial charge in [-0.05, 0) is 31.5 Å². The Hall–Kier alpha value is -2.10. The Morgan fingerprint density at radius 3 is 2.44 bits per heavy atom. The Morgan fingerprint density at radius 2 is 1.85 bits per heavy atom. The summed E-state index contributed by atoms with van der Waals surface area (Å²) in [5.41, 5.74) is 2.49. The van der Waals surface area contributed by atoms with E-state index in [0.717, 1.165) is 26.8 Å². The molecule has 0 atom stereocenters. The third-order valence-corrected chi connectivity index (χ3v) is 7.52. The van der Waals surface area contributed by atoms with Crippen LogP contribution in [-0.4, -0.2) is 30.0 Å². The number of hydrogen-bond acceptors (Lipinski definition) is 7. The molecular weight excluding hydrogens is 402 g/mol. The van der Waals surface area contributed by atoms with E-state index < -0.39 is 9.84 Å². The van der Waals surface area contributed by atoms with Crippen molar-refractivity contribution in [1.82, 2.24) is 9.97 Å². The molecule has 0 bridgehead atoms. The summed E-state index contributed by atoms with van der Waals surface area (Å²) >= 11 is 2.95. The Kier molecular flexibility index (Phi) is 5.73. The molecule has 3 aromatic rings. The van der Waals surface area contributed by atoms with Gasteiger partial charge in [-0.3, -0.25) is 4.79 Å². The lowest BCUT2D eigenvalue weighted by Crippen LogP contribution is -2.14. The molecule has 0 saturated carbocycles. The Bertz CT molecular complexity index is 1070. The van der Waals surface area contributed by atoms with Crippen molar-refractivity contribution in [2.75, 3.05) is 11.1 Å². The number of hydrogen-bond donors (Lipinski definition) is 1. The highest BCUT2D eigenvalue weighted by molar-refractivity contribution is 7.91. The van der Waals surface area contributed by atoms with Gasteiger partial charge in [0.2, 0.25) is 5.91 Å². The zero-order valence-electron chi connectivity index (χ0n) is 15.1. The minimum Gasteiger partial charge on any atom is -0.302 e. The molecule has 2 aromatic heterocycles. The van der Waals surface area contributed by atoms with Crippen molar-refractivity contribution < 1.29 is 13.2 Å². The fraction of sp³-hybridized carbons (Fsp3) is 0.278. The normalized spacial score (nSPS) is 11.5. The highest BCUT2D eigenvalue weighted by Gasteiger charge is 2.14. The van der Waals surface area contributed by atoms with Crippen LogP contribution in [0.4, 0.5) is 5.13 Å². The summed E-state index contributed by atoms with van der Waals surface area (Å²) in [6, 6.07) is 6.41. The number of aryl methyl sites for hydroxylation is 2. The molecule has 0 radical (unpaired) electrons. The van der Waals surface area contributed by atoms with E-state index in [-0.39, 0.29) is 23.0 Å². The van der Waals surface area contributed by atoms with E-state index in [0.29, 0.717) is 5.13 Å². The molecule has 0 aliphatic rings. The van der Waals surface area contributed by atoms with Gasteiger partial charge in [-0.2, -0.15) is 0 Å². The fourth-order valence-corrected chi connectivity index (χ4v) is 5.09. The highest BCUT2D eigenvalue weighted by atomic mass is 32.2. The van der Waals surface area contributed by atoms with Gasteiger partial charge in [-0.1, -0.05) is 19.1 Å². The third kappa shape index (κ3) is 4.60. The average molecular weight is 422 g/mol. The van der Waals surface area contributed by atoms with Gasteiger partial charge in [-0.15, -0.1) is 22.7 Å². The van der Waals surface area contributed by atoms with Crippen LogP contribution in [0.25, 0.3) is 10.6 Å². The highest BCUT2D eigenvalue weighted by Crippen LogP contribution is 2.32. The van der Waals surface area contributed by atoms with Crippen molar-refractivity contribution in [3.05, 3.63) is 45.9 Å². The monoisotopic (exact) mass is 421 g/mol. The Balaban J connectivity index is 1.65. The predicted octanol–water partition coefficient (Wildman–Crippen LogP) is 3.86. The largest absolute Gasteiger partial charge is 0.302 e. The molecule has 0 spiro atoms. The molecule has 0 fully saturated rings. The number of benzene rings is 1. The first-order valence-corrected chi connectivity index (χ1v) is 11.6. The van der Waals surface area contributed by atoms with E-state index in [4.69, 9.17) is 0 Å². The quantitative estimate of drug-likeness (QED) is 0.653. The number of anilines is 1. The summed E-state index contributed by atoms with van der Waals surface area (Å²) in [5, 5.41) is 6.21. The molecule has 1 aromatic carbocycles. The maximum absolute atomic E-state index is 12.3. The molecule has 9 heteroatoms. The van der Waals surface area contributed by atoms with E-state index in [1.54, 1.807) is 30.4 Å². The van der Waals surface area contributed by atoms with E-state index in [9.17, 15) is 13.2 Å². The number of amides is 1. The van der Waals surface area contributed by atoms with Crippen molar-refractivity contribution in [3.8, 4) is 10.6 Å². The number of thiazole rings is 2. The summed E-state index contributed by atoms with van der Waals surface area (Å²) in [5.74, 6) is -0.142. The van der Waals surface area contributed by atoms with Crippen molar-refractivity contribution in [1.29, 1.82) is 0 Å². The lowest BCUT2D eigenvalue weighted by Gasteiger charge is -2.04. The number of rotatable bonds is 6. The standard InChI is InChI=1S/C18H19N3O3S3/c1-4-27(23,24)14-7-5-13(6-8-14)9-16(22)21-18-20-15(10-25-18)17-11(2)19-12(3)26-17/h5-8,10H,4,9H2,1-3H3,(H,20,21,22). The molecule has 0 unspecified atom stereocenters. The summed E-state index contributed by atoms with van der Waals surface area (Å²) in [4.78, 5) is 22.4. The maximum atomic E-state index is 12.3. The minimum atomic E-state index is -3.23. The van der Waals surface area contributed by atoms with Crippen molar-refractivity contribution >= 4 is 43.5 Å². The van der Waals surface area contributed by atoms with E-state index >= 15 is 0 Å². The number of carbonyl (C=O) groups is 1. The van der Waals surface area contributed by atoms with Gasteiger partial charge in [0.15, 0.2) is 15.0 Å². The predicted molar refractivity (Wildman–Crippen MR) is 109 cm³/mol. The van der Waals surface area contributed by atoms with Gasteiger partial charge in [0.25, 0.3) is 0 Å². The molecule has 3 rings (SSSR count). The number of carbonyl (C=O) groups excluding carboxylic acids is 1. The summed E-state index contributed by atoms with van der Waals surface area (Å²) < 4.78 is 23.7. The second-order valence-corrected chi connectivity index (χ2v) is 10.3. The third-order valence-electron chi connectivity index (χ3n) is 3.91. The number of sulfone groups is 1. The molecular formula is C18H19N3O3S3. The van der Waals surface area contributed by atoms with Crippen molar-refractivity contribution in [2.24, 2.45) is 0 Å². The van der Waals surface area contributed by atoms with Crippen LogP contribution in [0.3, 0.4) is 0 Å². The van der Waals surface area contributed by atoms with Crippen LogP contribution in [0.5, 0.6) is 0 Å². The molecule has 142 valence electrons. The van der Waals surface area contributed by atoms with Crippen LogP contribution >= 0.6 is 22.7 Å². The van der Waals surface area contributed by atoms with Crippen molar-refractivity contribution in [3.63, 3.8) is 0 Å². The molecule has 1 amide bonds. The molecule has 1 N–H and O–H groups in total. The van der Waals surface area contributed by atoms with E-state index in [1.807, 2.05) is 19.2 Å². The maximum Gasteiger partial charge on any atom is 0.230 e. The van der Waals surface area contributed by atoms with Crippen LogP contribution < -0.4 is 5.32 Å². The average Bonchev–Trinajstić information content (AvgIpc) is 3.21. The molecule has 6 nitrogen and oxygen atoms in total. The zero-order valence-corrected chi connectivity index (χ0v) is 17.6. The van der Waals surface area contributed by atoms with E-state index in [1.165, 1.54) is 23.5 Å². The lowest BCUT2D eigenvalue weighted by molar-refractivity contribution is -0.115. The molecule has 0 aliphatic carbocycles. The number of nitrogens with zero attached hydrogens (tertiary/aromatic N) is 2. The molecule has 0 saturated heterocycles. The second-order valence-electron chi connectivity index (χ2n) is 5.96. The fourth-order valence-electron chi connectivity index (χ4n) is 2.53. The first-order valence-electron chi connectivity index (χ1n) is 8.30. The molecule has 0 aliphatic heterocycles. The van der Waals surface area contributed by atoms with Gasteiger partial charge in [-0.25, -0.2) is 18.4 Å². The Labute approximate surface area is 166 Å². The summed E-state index contributed by atoms with van der Waals surface area (Å²) in [7, 11) is -3.23. The van der Waals surface area contributed by atoms with Crippen LogP contribution in [0.1, 0.15) is 23.2 Å². The minimum absolute atomic E-state index is 0.0535. The van der Waals surface area contributed by atoms with Gasteiger partial charge in [0, 0.05) is 5.38 Å². The summed E-state index contributed by atoms with van der Waals surface area (Å²) in [6.45, 7) is 5.50. The van der Waals surface area contributed by atoms with Gasteiger partial charge in [0.05, 0.1) is 38.3 Å². The number of nitrogens with one attached hydrogen (secondary N) is 1. The number of aromatic nitrogens is 2. The van der Waals surface area contributed by atoms with Crippen LogP contribution in [0.15, 0.2) is 34.5 Å². The topological polar surface area (TPSA) is 89.0 Å². The smallest absolute Gasteiger partial charge is 0.230 e. The van der Waals surface area contributed by atoms with Crippen LogP contribution in [0.2, 0.25) is 0 Å². The van der Waals surface area contributed by atoms with Crippen LogP contribution in [-0.2, 0) is 21.1 Å². The van der Waals surface area contributed by atoms with E-state index in [2.05, 4.69) is 15.3 Å².